The van der Waals surface area contributed by atoms with Crippen LogP contribution in [0.25, 0.3) is 22.3 Å². The van der Waals surface area contributed by atoms with Crippen molar-refractivity contribution in [1.82, 2.24) is 24.2 Å². The van der Waals surface area contributed by atoms with E-state index in [4.69, 9.17) is 9.72 Å². The molecule has 2 aromatic heterocycles. The third-order valence-electron chi connectivity index (χ3n) is 7.96. The molecule has 2 saturated heterocycles. The molecule has 2 unspecified atom stereocenters. The van der Waals surface area contributed by atoms with Gasteiger partial charge in [0.2, 0.25) is 21.8 Å². The maximum absolute atomic E-state index is 12.2. The summed E-state index contributed by atoms with van der Waals surface area (Å²) in [5, 5.41) is 2.90. The molecule has 202 valence electrons. The van der Waals surface area contributed by atoms with Crippen molar-refractivity contribution in [3.8, 4) is 17.1 Å². The summed E-state index contributed by atoms with van der Waals surface area (Å²) in [6.07, 6.45) is 4.44. The SMILES string of the molecule is CCS(=O)(=O)N1CCN(c2ccc(-c3cc4ncn(C5CC5)c4c(OC(C)C4CNC(=O)C4)n3)cc2)CC1. The number of benzene rings is 1. The summed E-state index contributed by atoms with van der Waals surface area (Å²) in [5.74, 6) is 0.866. The molecular formula is C27H34N6O4S. The largest absolute Gasteiger partial charge is 0.473 e. The molecular weight excluding hydrogens is 504 g/mol. The second-order valence-corrected chi connectivity index (χ2v) is 12.7. The van der Waals surface area contributed by atoms with E-state index in [2.05, 4.69) is 31.9 Å². The Balaban J connectivity index is 1.25. The number of nitrogens with one attached hydrogen (secondary N) is 1. The lowest BCUT2D eigenvalue weighted by molar-refractivity contribution is -0.119. The number of piperazine rings is 1. The Morgan fingerprint density at radius 2 is 1.87 bits per heavy atom. The number of fused-ring (bicyclic) bond motifs is 1. The molecule has 0 bridgehead atoms. The van der Waals surface area contributed by atoms with E-state index in [9.17, 15) is 13.2 Å². The van der Waals surface area contributed by atoms with E-state index in [0.29, 0.717) is 51.1 Å². The summed E-state index contributed by atoms with van der Waals surface area (Å²) in [6.45, 7) is 6.63. The number of anilines is 1. The Bertz CT molecular complexity index is 1440. The van der Waals surface area contributed by atoms with Crippen LogP contribution in [0, 0.1) is 5.92 Å². The summed E-state index contributed by atoms with van der Waals surface area (Å²) in [6, 6.07) is 10.7. The summed E-state index contributed by atoms with van der Waals surface area (Å²) in [7, 11) is -3.15. The van der Waals surface area contributed by atoms with Crippen LogP contribution in [0.1, 0.15) is 39.2 Å². The zero-order valence-electron chi connectivity index (χ0n) is 21.8. The predicted octanol–water partition coefficient (Wildman–Crippen LogP) is 2.81. The lowest BCUT2D eigenvalue weighted by Crippen LogP contribution is -2.49. The van der Waals surface area contributed by atoms with Crippen LogP contribution in [0.2, 0.25) is 0 Å². The summed E-state index contributed by atoms with van der Waals surface area (Å²) >= 11 is 0. The number of imidazole rings is 1. The minimum Gasteiger partial charge on any atom is -0.473 e. The smallest absolute Gasteiger partial charge is 0.241 e. The van der Waals surface area contributed by atoms with Crippen molar-refractivity contribution in [1.29, 1.82) is 0 Å². The zero-order chi connectivity index (χ0) is 26.4. The minimum absolute atomic E-state index is 0.0637. The van der Waals surface area contributed by atoms with E-state index >= 15 is 0 Å². The van der Waals surface area contributed by atoms with Crippen molar-refractivity contribution >= 4 is 32.7 Å². The van der Waals surface area contributed by atoms with Gasteiger partial charge in [0.1, 0.15) is 11.6 Å². The first-order chi connectivity index (χ1) is 18.3. The fourth-order valence-electron chi connectivity index (χ4n) is 5.37. The molecule has 3 aromatic rings. The molecule has 1 saturated carbocycles. The van der Waals surface area contributed by atoms with Crippen LogP contribution in [0.15, 0.2) is 36.7 Å². The molecule has 4 heterocycles. The van der Waals surface area contributed by atoms with E-state index in [1.165, 1.54) is 0 Å². The third-order valence-corrected chi connectivity index (χ3v) is 9.84. The molecule has 38 heavy (non-hydrogen) atoms. The molecule has 0 spiro atoms. The maximum Gasteiger partial charge on any atom is 0.241 e. The fourth-order valence-corrected chi connectivity index (χ4v) is 6.45. The van der Waals surface area contributed by atoms with E-state index < -0.39 is 10.0 Å². The highest BCUT2D eigenvalue weighted by Crippen LogP contribution is 2.40. The normalized spacial score (nSPS) is 21.6. The Hall–Kier alpha value is -3.18. The van der Waals surface area contributed by atoms with Gasteiger partial charge in [-0.15, -0.1) is 0 Å². The van der Waals surface area contributed by atoms with Gasteiger partial charge in [0.25, 0.3) is 0 Å². The number of hydrogen-bond acceptors (Lipinski definition) is 7. The lowest BCUT2D eigenvalue weighted by atomic mass is 10.0. The Morgan fingerprint density at radius 3 is 2.50 bits per heavy atom. The molecule has 6 rings (SSSR count). The van der Waals surface area contributed by atoms with E-state index in [1.807, 2.05) is 31.5 Å². The molecule has 10 nitrogen and oxygen atoms in total. The van der Waals surface area contributed by atoms with Crippen LogP contribution in [0.3, 0.4) is 0 Å². The highest BCUT2D eigenvalue weighted by Gasteiger charge is 2.31. The van der Waals surface area contributed by atoms with Crippen LogP contribution in [0.5, 0.6) is 5.88 Å². The average Bonchev–Trinajstić information content (AvgIpc) is 3.53. The third kappa shape index (κ3) is 4.84. The first-order valence-corrected chi connectivity index (χ1v) is 15.1. The standard InChI is InChI=1S/C27H34N6O4S/c1-3-38(35,36)32-12-10-31(11-13-32)21-6-4-19(5-7-21)23-15-24-26(33(17-29-24)22-8-9-22)27(30-23)37-18(2)20-14-25(34)28-16-20/h4-7,15,17-18,20,22H,3,8-14,16H2,1-2H3,(H,28,34). The summed E-state index contributed by atoms with van der Waals surface area (Å²) in [5.41, 5.74) is 4.56. The Morgan fingerprint density at radius 1 is 1.13 bits per heavy atom. The fraction of sp³-hybridized carbons (Fsp3) is 0.519. The highest BCUT2D eigenvalue weighted by molar-refractivity contribution is 7.89. The summed E-state index contributed by atoms with van der Waals surface area (Å²) < 4.78 is 34.6. The molecule has 2 atom stereocenters. The number of carbonyl (C=O) groups excluding carboxylic acids is 1. The topological polar surface area (TPSA) is 110 Å². The van der Waals surface area contributed by atoms with Crippen LogP contribution in [-0.4, -0.2) is 77.7 Å². The zero-order valence-corrected chi connectivity index (χ0v) is 22.7. The van der Waals surface area contributed by atoms with Crippen LogP contribution < -0.4 is 15.0 Å². The van der Waals surface area contributed by atoms with Gasteiger partial charge in [-0.3, -0.25) is 4.79 Å². The predicted molar refractivity (Wildman–Crippen MR) is 146 cm³/mol. The molecule has 0 radical (unpaired) electrons. The van der Waals surface area contributed by atoms with Crippen molar-refractivity contribution in [3.05, 3.63) is 36.7 Å². The van der Waals surface area contributed by atoms with Crippen molar-refractivity contribution in [2.75, 3.05) is 43.4 Å². The molecule has 1 aromatic carbocycles. The average molecular weight is 539 g/mol. The number of rotatable bonds is 8. The van der Waals surface area contributed by atoms with Gasteiger partial charge in [0.15, 0.2) is 0 Å². The maximum atomic E-state index is 12.2. The van der Waals surface area contributed by atoms with Gasteiger partial charge in [0, 0.05) is 62.4 Å². The first-order valence-electron chi connectivity index (χ1n) is 13.5. The van der Waals surface area contributed by atoms with Gasteiger partial charge < -0.3 is 19.5 Å². The van der Waals surface area contributed by atoms with E-state index in [-0.39, 0.29) is 23.7 Å². The molecule has 1 N–H and O–H groups in total. The monoisotopic (exact) mass is 538 g/mol. The van der Waals surface area contributed by atoms with E-state index in [0.717, 1.165) is 40.8 Å². The number of sulfonamides is 1. The number of pyridine rings is 1. The number of hydrogen-bond donors (Lipinski definition) is 1. The molecule has 2 aliphatic heterocycles. The minimum atomic E-state index is -3.15. The second-order valence-electron chi connectivity index (χ2n) is 10.5. The van der Waals surface area contributed by atoms with Crippen molar-refractivity contribution in [3.63, 3.8) is 0 Å². The summed E-state index contributed by atoms with van der Waals surface area (Å²) in [4.78, 5) is 23.6. The van der Waals surface area contributed by atoms with Crippen molar-refractivity contribution in [2.24, 2.45) is 5.92 Å². The van der Waals surface area contributed by atoms with Gasteiger partial charge in [0.05, 0.1) is 23.3 Å². The number of ether oxygens (including phenoxy) is 1. The van der Waals surface area contributed by atoms with E-state index in [1.54, 1.807) is 11.2 Å². The van der Waals surface area contributed by atoms with Crippen LogP contribution in [0.4, 0.5) is 5.69 Å². The molecule has 1 amide bonds. The van der Waals surface area contributed by atoms with Crippen molar-refractivity contribution < 1.29 is 17.9 Å². The second kappa shape index (κ2) is 9.85. The van der Waals surface area contributed by atoms with Gasteiger partial charge in [-0.05, 0) is 44.9 Å². The molecule has 3 fully saturated rings. The quantitative estimate of drug-likeness (QED) is 0.470. The number of amides is 1. The lowest BCUT2D eigenvalue weighted by Gasteiger charge is -2.35. The highest BCUT2D eigenvalue weighted by atomic mass is 32.2. The molecule has 3 aliphatic rings. The first kappa shape index (κ1) is 25.1. The number of carbonyl (C=O) groups is 1. The Kier molecular flexibility index (Phi) is 6.51. The van der Waals surface area contributed by atoms with Gasteiger partial charge in [-0.1, -0.05) is 12.1 Å². The number of aromatic nitrogens is 3. The molecule has 1 aliphatic carbocycles. The van der Waals surface area contributed by atoms with Gasteiger partial charge in [-0.25, -0.2) is 18.4 Å². The van der Waals surface area contributed by atoms with Crippen molar-refractivity contribution in [2.45, 2.75) is 45.3 Å². The van der Waals surface area contributed by atoms with Crippen LogP contribution in [-0.2, 0) is 14.8 Å². The van der Waals surface area contributed by atoms with Gasteiger partial charge >= 0.3 is 0 Å². The molecule has 11 heteroatoms. The van der Waals surface area contributed by atoms with Gasteiger partial charge in [-0.2, -0.15) is 4.31 Å². The van der Waals surface area contributed by atoms with Crippen LogP contribution >= 0.6 is 0 Å². The number of nitrogens with zero attached hydrogens (tertiary/aromatic N) is 5. The Labute approximate surface area is 223 Å².